The normalized spacial score (nSPS) is 10.4. The van der Waals surface area contributed by atoms with Gasteiger partial charge in [0.15, 0.2) is 5.82 Å². The van der Waals surface area contributed by atoms with Crippen molar-refractivity contribution >= 4 is 22.9 Å². The molecule has 1 aromatic heterocycles. The van der Waals surface area contributed by atoms with Gasteiger partial charge in [-0.3, -0.25) is 0 Å². The average Bonchev–Trinajstić information content (AvgIpc) is 2.77. The number of nitrogens with two attached hydrogens (primary N) is 1. The predicted molar refractivity (Wildman–Crippen MR) is 73.5 cm³/mol. The molecule has 0 aliphatic carbocycles. The maximum absolute atomic E-state index is 13.7. The fraction of sp³-hybridized carbons (Fsp3) is 0.250. The Kier molecular flexibility index (Phi) is 4.06. The quantitative estimate of drug-likeness (QED) is 0.813. The number of hydrogen-bond acceptors (Lipinski definition) is 5. The Balaban J connectivity index is 1.94. The van der Waals surface area contributed by atoms with Gasteiger partial charge in [-0.2, -0.15) is 4.98 Å². The summed E-state index contributed by atoms with van der Waals surface area (Å²) >= 11 is 4.78. The summed E-state index contributed by atoms with van der Waals surface area (Å²) < 4.78 is 18.7. The molecule has 1 heterocycles. The van der Waals surface area contributed by atoms with E-state index in [0.29, 0.717) is 35.9 Å². The maximum atomic E-state index is 13.7. The van der Waals surface area contributed by atoms with Crippen LogP contribution >= 0.6 is 12.2 Å². The zero-order valence-corrected chi connectivity index (χ0v) is 11.1. The third kappa shape index (κ3) is 3.47. The van der Waals surface area contributed by atoms with Crippen molar-refractivity contribution in [1.29, 1.82) is 0 Å². The molecule has 0 atom stereocenters. The van der Waals surface area contributed by atoms with Gasteiger partial charge in [-0.25, -0.2) is 4.39 Å². The van der Waals surface area contributed by atoms with Crippen LogP contribution in [0.5, 0.6) is 0 Å². The van der Waals surface area contributed by atoms with E-state index >= 15 is 0 Å². The number of hydrogen-bond donors (Lipinski definition) is 2. The number of benzene rings is 1. The molecule has 2 rings (SSSR count). The van der Waals surface area contributed by atoms with Crippen molar-refractivity contribution in [3.05, 3.63) is 41.3 Å². The van der Waals surface area contributed by atoms with E-state index in [9.17, 15) is 4.39 Å². The Morgan fingerprint density at radius 3 is 2.89 bits per heavy atom. The number of nitrogens with zero attached hydrogens (tertiary/aromatic N) is 2. The largest absolute Gasteiger partial charge is 0.389 e. The first-order valence-corrected chi connectivity index (χ1v) is 6.09. The molecule has 0 spiro atoms. The van der Waals surface area contributed by atoms with Crippen LogP contribution in [0.25, 0.3) is 0 Å². The van der Waals surface area contributed by atoms with Crippen molar-refractivity contribution < 1.29 is 8.91 Å². The maximum Gasteiger partial charge on any atom is 0.228 e. The third-order valence-electron chi connectivity index (χ3n) is 2.48. The Morgan fingerprint density at radius 2 is 2.32 bits per heavy atom. The highest BCUT2D eigenvalue weighted by Gasteiger charge is 2.06. The summed E-state index contributed by atoms with van der Waals surface area (Å²) in [6.07, 6.45) is 0.525. The first-order valence-electron chi connectivity index (χ1n) is 5.68. The lowest BCUT2D eigenvalue weighted by Gasteiger charge is -2.07. The molecule has 7 heteroatoms. The van der Waals surface area contributed by atoms with Gasteiger partial charge < -0.3 is 15.6 Å². The molecule has 0 radical (unpaired) electrons. The highest BCUT2D eigenvalue weighted by Crippen LogP contribution is 2.15. The van der Waals surface area contributed by atoms with Crippen LogP contribution in [0.1, 0.15) is 17.3 Å². The van der Waals surface area contributed by atoms with Crippen LogP contribution < -0.4 is 11.1 Å². The van der Waals surface area contributed by atoms with E-state index in [4.69, 9.17) is 22.5 Å². The van der Waals surface area contributed by atoms with E-state index in [-0.39, 0.29) is 4.99 Å². The third-order valence-corrected chi connectivity index (χ3v) is 2.71. The summed E-state index contributed by atoms with van der Waals surface area (Å²) in [6.45, 7) is 2.24. The van der Waals surface area contributed by atoms with Gasteiger partial charge in [0, 0.05) is 18.5 Å². The molecule has 0 unspecified atom stereocenters. The molecule has 0 bridgehead atoms. The van der Waals surface area contributed by atoms with Crippen molar-refractivity contribution in [2.45, 2.75) is 13.3 Å². The number of halogens is 1. The van der Waals surface area contributed by atoms with Crippen molar-refractivity contribution in [3.63, 3.8) is 0 Å². The molecule has 0 aliphatic heterocycles. The molecule has 5 nitrogen and oxygen atoms in total. The lowest BCUT2D eigenvalue weighted by atomic mass is 10.2. The summed E-state index contributed by atoms with van der Waals surface area (Å²) in [7, 11) is 0. The van der Waals surface area contributed by atoms with Crippen molar-refractivity contribution in [2.24, 2.45) is 5.73 Å². The SMILES string of the molecule is Cc1noc(CCNc2ccc(C(N)=S)cc2F)n1. The number of aromatic nitrogens is 2. The van der Waals surface area contributed by atoms with Crippen molar-refractivity contribution in [3.8, 4) is 0 Å². The Bertz CT molecular complexity index is 599. The van der Waals surface area contributed by atoms with Gasteiger partial charge in [0.2, 0.25) is 5.89 Å². The van der Waals surface area contributed by atoms with E-state index in [0.717, 1.165) is 0 Å². The predicted octanol–water partition coefficient (Wildman–Crippen LogP) is 1.81. The molecule has 0 saturated heterocycles. The van der Waals surface area contributed by atoms with Crippen LogP contribution in [0, 0.1) is 12.7 Å². The second-order valence-corrected chi connectivity index (χ2v) is 4.41. The molecule has 3 N–H and O–H groups in total. The topological polar surface area (TPSA) is 77.0 Å². The second-order valence-electron chi connectivity index (χ2n) is 3.97. The van der Waals surface area contributed by atoms with Gasteiger partial charge >= 0.3 is 0 Å². The molecule has 0 amide bonds. The first-order chi connectivity index (χ1) is 9.06. The van der Waals surface area contributed by atoms with Crippen LogP contribution in [0.15, 0.2) is 22.7 Å². The Morgan fingerprint density at radius 1 is 1.53 bits per heavy atom. The summed E-state index contributed by atoms with van der Waals surface area (Å²) in [5, 5.41) is 6.62. The second kappa shape index (κ2) is 5.75. The van der Waals surface area contributed by atoms with E-state index in [1.807, 2.05) is 0 Å². The van der Waals surface area contributed by atoms with Gasteiger partial charge in [0.1, 0.15) is 10.8 Å². The zero-order valence-electron chi connectivity index (χ0n) is 10.3. The smallest absolute Gasteiger partial charge is 0.228 e. The highest BCUT2D eigenvalue weighted by molar-refractivity contribution is 7.80. The van der Waals surface area contributed by atoms with Crippen LogP contribution in [-0.2, 0) is 6.42 Å². The van der Waals surface area contributed by atoms with Crippen LogP contribution in [-0.4, -0.2) is 21.7 Å². The lowest BCUT2D eigenvalue weighted by Crippen LogP contribution is -2.11. The summed E-state index contributed by atoms with van der Waals surface area (Å²) in [5.41, 5.74) is 6.32. The molecular formula is C12H13FN4OS. The minimum atomic E-state index is -0.396. The first kappa shape index (κ1) is 13.4. The lowest BCUT2D eigenvalue weighted by molar-refractivity contribution is 0.377. The summed E-state index contributed by atoms with van der Waals surface area (Å²) in [6, 6.07) is 4.58. The number of rotatable bonds is 5. The van der Waals surface area contributed by atoms with Crippen LogP contribution in [0.4, 0.5) is 10.1 Å². The van der Waals surface area contributed by atoms with Gasteiger partial charge in [0.25, 0.3) is 0 Å². The molecule has 0 fully saturated rings. The minimum absolute atomic E-state index is 0.173. The molecule has 0 aliphatic rings. The summed E-state index contributed by atoms with van der Waals surface area (Å²) in [5.74, 6) is 0.708. The van der Waals surface area contributed by atoms with Crippen molar-refractivity contribution in [1.82, 2.24) is 10.1 Å². The molecule has 2 aromatic rings. The van der Waals surface area contributed by atoms with E-state index in [1.54, 1.807) is 19.1 Å². The van der Waals surface area contributed by atoms with E-state index in [1.165, 1.54) is 6.07 Å². The van der Waals surface area contributed by atoms with Crippen LogP contribution in [0.3, 0.4) is 0 Å². The number of nitrogens with one attached hydrogen (secondary N) is 1. The highest BCUT2D eigenvalue weighted by atomic mass is 32.1. The fourth-order valence-electron chi connectivity index (χ4n) is 1.56. The Hall–Kier alpha value is -2.02. The van der Waals surface area contributed by atoms with Gasteiger partial charge in [-0.1, -0.05) is 17.4 Å². The van der Waals surface area contributed by atoms with Crippen LogP contribution in [0.2, 0.25) is 0 Å². The zero-order chi connectivity index (χ0) is 13.8. The van der Waals surface area contributed by atoms with Gasteiger partial charge in [0.05, 0.1) is 5.69 Å². The standard InChI is InChI=1S/C12H13FN4OS/c1-7-16-11(18-17-7)4-5-15-10-3-2-8(12(14)19)6-9(10)13/h2-3,6,15H,4-5H2,1H3,(H2,14,19). The monoisotopic (exact) mass is 280 g/mol. The minimum Gasteiger partial charge on any atom is -0.389 e. The fourth-order valence-corrected chi connectivity index (χ4v) is 1.68. The van der Waals surface area contributed by atoms with Gasteiger partial charge in [-0.05, 0) is 25.1 Å². The Labute approximate surface area is 115 Å². The van der Waals surface area contributed by atoms with Crippen molar-refractivity contribution in [2.75, 3.05) is 11.9 Å². The number of thiocarbonyl (C=S) groups is 1. The average molecular weight is 280 g/mol. The molecule has 1 aromatic carbocycles. The van der Waals surface area contributed by atoms with E-state index in [2.05, 4.69) is 15.5 Å². The molecule has 19 heavy (non-hydrogen) atoms. The summed E-state index contributed by atoms with van der Waals surface area (Å²) in [4.78, 5) is 4.23. The number of aryl methyl sites for hydroxylation is 1. The molecular weight excluding hydrogens is 267 g/mol. The van der Waals surface area contributed by atoms with E-state index < -0.39 is 5.82 Å². The molecule has 100 valence electrons. The number of anilines is 1. The van der Waals surface area contributed by atoms with Gasteiger partial charge in [-0.15, -0.1) is 0 Å². The molecule has 0 saturated carbocycles.